The van der Waals surface area contributed by atoms with Crippen molar-refractivity contribution in [1.29, 1.82) is 0 Å². The van der Waals surface area contributed by atoms with E-state index in [1.54, 1.807) is 6.92 Å². The van der Waals surface area contributed by atoms with Gasteiger partial charge in [0.2, 0.25) is 5.91 Å². The molecule has 0 saturated carbocycles. The van der Waals surface area contributed by atoms with Crippen molar-refractivity contribution in [3.05, 3.63) is 42.5 Å². The standard InChI is InChI=1S/C23H29F2N2O6PS/c1-4-32-19-13-15(26-21(28)18-10-11-31-14-22(18,2)3)8-9-20(19)35(29,30)27-16-6-5-7-17(12-16)33-23(24,25)34/h5-9,12-13,18,27H,4,10-11,14,34H2,1-3H3,(H,26,28). The maximum atomic E-state index is 13.1. The Kier molecular flexibility index (Phi) is 8.24. The molecule has 0 radical (unpaired) electrons. The van der Waals surface area contributed by atoms with Crippen LogP contribution >= 0.6 is 9.24 Å². The first-order valence-corrected chi connectivity index (χ1v) is 13.0. The number of nitrogens with one attached hydrogen (secondary N) is 2. The molecule has 12 heteroatoms. The first kappa shape index (κ1) is 27.1. The van der Waals surface area contributed by atoms with E-state index in [9.17, 15) is 22.0 Å². The summed E-state index contributed by atoms with van der Waals surface area (Å²) in [5.74, 6) is -4.13. The van der Waals surface area contributed by atoms with Gasteiger partial charge in [-0.3, -0.25) is 9.52 Å². The summed E-state index contributed by atoms with van der Waals surface area (Å²) in [5.41, 5.74) is 0.0767. The molecule has 3 rings (SSSR count). The molecular formula is C23H29F2N2O6PS. The van der Waals surface area contributed by atoms with E-state index in [1.165, 1.54) is 45.6 Å². The molecule has 0 bridgehead atoms. The molecular weight excluding hydrogens is 501 g/mol. The summed E-state index contributed by atoms with van der Waals surface area (Å²) in [6, 6.07) is 9.42. The molecule has 1 heterocycles. The van der Waals surface area contributed by atoms with Gasteiger partial charge in [-0.25, -0.2) is 8.42 Å². The van der Waals surface area contributed by atoms with Gasteiger partial charge in [0.05, 0.1) is 18.9 Å². The third-order valence-electron chi connectivity index (χ3n) is 5.43. The average Bonchev–Trinajstić information content (AvgIpc) is 2.72. The number of amides is 1. The zero-order valence-corrected chi connectivity index (χ0v) is 21.6. The lowest BCUT2D eigenvalue weighted by Gasteiger charge is -2.37. The van der Waals surface area contributed by atoms with Crippen molar-refractivity contribution < 1.29 is 36.2 Å². The van der Waals surface area contributed by atoms with Crippen LogP contribution in [0.5, 0.6) is 11.5 Å². The second kappa shape index (κ2) is 10.6. The van der Waals surface area contributed by atoms with Crippen LogP contribution in [0.1, 0.15) is 27.2 Å². The lowest BCUT2D eigenvalue weighted by Crippen LogP contribution is -2.42. The van der Waals surface area contributed by atoms with Crippen LogP contribution in [-0.4, -0.2) is 40.0 Å². The lowest BCUT2D eigenvalue weighted by atomic mass is 9.75. The van der Waals surface area contributed by atoms with Crippen LogP contribution in [0.15, 0.2) is 47.4 Å². The van der Waals surface area contributed by atoms with E-state index in [4.69, 9.17) is 9.47 Å². The van der Waals surface area contributed by atoms with E-state index in [0.29, 0.717) is 25.3 Å². The summed E-state index contributed by atoms with van der Waals surface area (Å²) in [5, 5.41) is 2.84. The second-order valence-corrected chi connectivity index (χ2v) is 11.1. The molecule has 1 aliphatic heterocycles. The van der Waals surface area contributed by atoms with Crippen molar-refractivity contribution in [3.8, 4) is 11.5 Å². The SMILES string of the molecule is CCOc1cc(NC(=O)C2CCOCC2(C)C)ccc1S(=O)(=O)Nc1cccc(OC(F)(F)P)c1. The number of benzene rings is 2. The Morgan fingerprint density at radius 3 is 2.63 bits per heavy atom. The normalized spacial score (nSPS) is 17.9. The summed E-state index contributed by atoms with van der Waals surface area (Å²) < 4.78 is 70.2. The molecule has 192 valence electrons. The maximum Gasteiger partial charge on any atom is 0.408 e. The van der Waals surface area contributed by atoms with E-state index in [0.717, 1.165) is 6.07 Å². The summed E-state index contributed by atoms with van der Waals surface area (Å²) in [7, 11) is -2.92. The first-order valence-electron chi connectivity index (χ1n) is 10.9. The molecule has 1 aliphatic rings. The third-order valence-corrected chi connectivity index (χ3v) is 6.96. The number of carbonyl (C=O) groups is 1. The molecule has 1 saturated heterocycles. The van der Waals surface area contributed by atoms with Gasteiger partial charge >= 0.3 is 5.85 Å². The fourth-order valence-electron chi connectivity index (χ4n) is 3.81. The smallest absolute Gasteiger partial charge is 0.408 e. The Morgan fingerprint density at radius 1 is 1.23 bits per heavy atom. The molecule has 0 aromatic heterocycles. The molecule has 2 N–H and O–H groups in total. The minimum Gasteiger partial charge on any atom is -0.492 e. The highest BCUT2D eigenvalue weighted by Crippen LogP contribution is 2.36. The van der Waals surface area contributed by atoms with Crippen LogP contribution in [0.4, 0.5) is 20.2 Å². The molecule has 1 amide bonds. The van der Waals surface area contributed by atoms with Crippen LogP contribution in [-0.2, 0) is 19.6 Å². The van der Waals surface area contributed by atoms with Crippen LogP contribution in [0.3, 0.4) is 0 Å². The predicted molar refractivity (Wildman–Crippen MR) is 131 cm³/mol. The van der Waals surface area contributed by atoms with Gasteiger partial charge in [-0.2, -0.15) is 8.78 Å². The highest BCUT2D eigenvalue weighted by atomic mass is 32.2. The summed E-state index contributed by atoms with van der Waals surface area (Å²) in [6.07, 6.45) is 0.582. The Hall–Kier alpha value is -2.49. The second-order valence-electron chi connectivity index (χ2n) is 8.76. The number of hydrogen-bond donors (Lipinski definition) is 2. The fraction of sp³-hybridized carbons (Fsp3) is 0.435. The largest absolute Gasteiger partial charge is 0.492 e. The van der Waals surface area contributed by atoms with Crippen molar-refractivity contribution in [2.75, 3.05) is 29.9 Å². The quantitative estimate of drug-likeness (QED) is 0.456. The van der Waals surface area contributed by atoms with E-state index in [2.05, 4.69) is 14.8 Å². The van der Waals surface area contributed by atoms with Gasteiger partial charge in [-0.1, -0.05) is 19.9 Å². The number of carbonyl (C=O) groups excluding carboxylic acids is 1. The third kappa shape index (κ3) is 7.25. The van der Waals surface area contributed by atoms with E-state index in [1.807, 2.05) is 13.8 Å². The molecule has 8 nitrogen and oxygen atoms in total. The van der Waals surface area contributed by atoms with Gasteiger partial charge in [0.1, 0.15) is 16.4 Å². The summed E-state index contributed by atoms with van der Waals surface area (Å²) in [4.78, 5) is 12.7. The van der Waals surface area contributed by atoms with Crippen molar-refractivity contribution in [2.45, 2.75) is 37.9 Å². The highest BCUT2D eigenvalue weighted by molar-refractivity contribution is 7.92. The van der Waals surface area contributed by atoms with Gasteiger partial charge < -0.3 is 19.5 Å². The number of sulfonamides is 1. The molecule has 0 spiro atoms. The zero-order chi connectivity index (χ0) is 25.9. The van der Waals surface area contributed by atoms with Gasteiger partial charge in [0.15, 0.2) is 0 Å². The van der Waals surface area contributed by atoms with E-state index < -0.39 is 15.9 Å². The minimum absolute atomic E-state index is 0.0262. The monoisotopic (exact) mass is 530 g/mol. The number of ether oxygens (including phenoxy) is 3. The number of alkyl halides is 2. The Balaban J connectivity index is 1.83. The van der Waals surface area contributed by atoms with Crippen molar-refractivity contribution in [2.24, 2.45) is 11.3 Å². The van der Waals surface area contributed by atoms with Gasteiger partial charge in [-0.15, -0.1) is 0 Å². The van der Waals surface area contributed by atoms with Crippen LogP contribution in [0.2, 0.25) is 0 Å². The number of halogens is 2. The Morgan fingerprint density at radius 2 is 1.97 bits per heavy atom. The Bertz CT molecular complexity index is 1170. The minimum atomic E-state index is -4.16. The van der Waals surface area contributed by atoms with Crippen molar-refractivity contribution in [1.82, 2.24) is 0 Å². The predicted octanol–water partition coefficient (Wildman–Crippen LogP) is 4.69. The topological polar surface area (TPSA) is 103 Å². The van der Waals surface area contributed by atoms with Crippen LogP contribution in [0, 0.1) is 11.3 Å². The number of anilines is 2. The molecule has 2 aromatic carbocycles. The number of hydrogen-bond acceptors (Lipinski definition) is 6. The Labute approximate surface area is 206 Å². The highest BCUT2D eigenvalue weighted by Gasteiger charge is 2.38. The maximum absolute atomic E-state index is 13.1. The van der Waals surface area contributed by atoms with Gasteiger partial charge in [0.25, 0.3) is 10.0 Å². The lowest BCUT2D eigenvalue weighted by molar-refractivity contribution is -0.130. The van der Waals surface area contributed by atoms with Gasteiger partial charge in [-0.05, 0) is 52.3 Å². The van der Waals surface area contributed by atoms with E-state index in [-0.39, 0.29) is 45.9 Å². The van der Waals surface area contributed by atoms with Gasteiger partial charge in [0, 0.05) is 30.3 Å². The van der Waals surface area contributed by atoms with Crippen molar-refractivity contribution >= 4 is 36.5 Å². The zero-order valence-electron chi connectivity index (χ0n) is 19.6. The molecule has 2 aromatic rings. The molecule has 2 unspecified atom stereocenters. The summed E-state index contributed by atoms with van der Waals surface area (Å²) >= 11 is 0. The number of rotatable bonds is 9. The fourth-order valence-corrected chi connectivity index (χ4v) is 5.12. The molecule has 2 atom stereocenters. The molecule has 1 fully saturated rings. The van der Waals surface area contributed by atoms with Crippen molar-refractivity contribution in [3.63, 3.8) is 0 Å². The average molecular weight is 531 g/mol. The summed E-state index contributed by atoms with van der Waals surface area (Å²) in [6.45, 7) is 6.77. The first-order chi connectivity index (χ1) is 16.3. The van der Waals surface area contributed by atoms with E-state index >= 15 is 0 Å². The van der Waals surface area contributed by atoms with Crippen LogP contribution in [0.25, 0.3) is 0 Å². The van der Waals surface area contributed by atoms with Crippen LogP contribution < -0.4 is 19.5 Å². The molecule has 0 aliphatic carbocycles. The molecule has 35 heavy (non-hydrogen) atoms.